The number of thioether (sulfide) groups is 1. The molecule has 218 valence electrons. The third-order valence-electron chi connectivity index (χ3n) is 8.06. The maximum atomic E-state index is 13.9. The Hall–Kier alpha value is -3.45. The van der Waals surface area contributed by atoms with Crippen LogP contribution in [0.2, 0.25) is 0 Å². The number of pyridine rings is 1. The summed E-state index contributed by atoms with van der Waals surface area (Å²) in [4.78, 5) is 38.9. The minimum Gasteiger partial charge on any atom is -0.454 e. The number of thiocarbonyl (C=S) groups is 1. The van der Waals surface area contributed by atoms with Crippen molar-refractivity contribution >= 4 is 51.7 Å². The van der Waals surface area contributed by atoms with Crippen molar-refractivity contribution in [1.29, 1.82) is 0 Å². The molecule has 0 bridgehead atoms. The first kappa shape index (κ1) is 27.4. The molecule has 1 atom stereocenters. The lowest BCUT2D eigenvalue weighted by Crippen LogP contribution is -2.47. The van der Waals surface area contributed by atoms with Gasteiger partial charge in [0, 0.05) is 45.5 Å². The molecule has 42 heavy (non-hydrogen) atoms. The zero-order chi connectivity index (χ0) is 28.8. The molecule has 0 radical (unpaired) electrons. The highest BCUT2D eigenvalue weighted by Crippen LogP contribution is 2.35. The SMILES string of the molecule is Cc1ccc2nc(N3CCN(Cc4ccc5c(c4)OCO5)CC3)c(/C=C3\SC(=S)N(C[C@H]4CCCO4)C3=O)c(=O)n2c1. The van der Waals surface area contributed by atoms with Gasteiger partial charge in [-0.1, -0.05) is 36.1 Å². The predicted molar refractivity (Wildman–Crippen MR) is 165 cm³/mol. The van der Waals surface area contributed by atoms with E-state index in [2.05, 4.69) is 15.9 Å². The smallest absolute Gasteiger partial charge is 0.267 e. The number of ether oxygens (including phenoxy) is 3. The van der Waals surface area contributed by atoms with E-state index in [0.717, 1.165) is 55.1 Å². The predicted octanol–water partition coefficient (Wildman–Crippen LogP) is 3.43. The van der Waals surface area contributed by atoms with Crippen LogP contribution in [-0.4, -0.2) is 81.6 Å². The Morgan fingerprint density at radius 1 is 1.10 bits per heavy atom. The number of amides is 1. The van der Waals surface area contributed by atoms with Crippen LogP contribution in [0.1, 0.15) is 29.5 Å². The number of carbonyl (C=O) groups excluding carboxylic acids is 1. The van der Waals surface area contributed by atoms with Gasteiger partial charge in [-0.25, -0.2) is 4.98 Å². The lowest BCUT2D eigenvalue weighted by Gasteiger charge is -2.36. The van der Waals surface area contributed by atoms with Gasteiger partial charge in [-0.3, -0.25) is 23.8 Å². The van der Waals surface area contributed by atoms with Crippen molar-refractivity contribution in [2.45, 2.75) is 32.4 Å². The van der Waals surface area contributed by atoms with E-state index in [-0.39, 0.29) is 24.4 Å². The lowest BCUT2D eigenvalue weighted by atomic mass is 10.1. The van der Waals surface area contributed by atoms with Crippen LogP contribution in [0.25, 0.3) is 11.7 Å². The maximum Gasteiger partial charge on any atom is 0.267 e. The summed E-state index contributed by atoms with van der Waals surface area (Å²) in [7, 11) is 0. The zero-order valence-electron chi connectivity index (χ0n) is 23.3. The van der Waals surface area contributed by atoms with Crippen molar-refractivity contribution in [2.75, 3.05) is 51.0 Å². The van der Waals surface area contributed by atoms with Gasteiger partial charge in [-0.05, 0) is 55.2 Å². The van der Waals surface area contributed by atoms with Gasteiger partial charge in [0.05, 0.1) is 23.1 Å². The zero-order valence-corrected chi connectivity index (χ0v) is 24.9. The Balaban J connectivity index is 1.16. The highest BCUT2D eigenvalue weighted by molar-refractivity contribution is 8.26. The normalized spacial score (nSPS) is 21.8. The van der Waals surface area contributed by atoms with Gasteiger partial charge in [0.2, 0.25) is 6.79 Å². The number of rotatable bonds is 6. The molecule has 7 rings (SSSR count). The van der Waals surface area contributed by atoms with E-state index in [0.29, 0.717) is 52.5 Å². The molecule has 4 aliphatic heterocycles. The van der Waals surface area contributed by atoms with Gasteiger partial charge < -0.3 is 19.1 Å². The molecule has 10 nitrogen and oxygen atoms in total. The van der Waals surface area contributed by atoms with E-state index in [9.17, 15) is 9.59 Å². The fourth-order valence-corrected chi connectivity index (χ4v) is 7.07. The second-order valence-corrected chi connectivity index (χ2v) is 12.6. The largest absolute Gasteiger partial charge is 0.454 e. The summed E-state index contributed by atoms with van der Waals surface area (Å²) >= 11 is 6.80. The highest BCUT2D eigenvalue weighted by Gasteiger charge is 2.35. The van der Waals surface area contributed by atoms with Gasteiger partial charge in [0.1, 0.15) is 15.8 Å². The maximum absolute atomic E-state index is 13.9. The summed E-state index contributed by atoms with van der Waals surface area (Å²) in [6.07, 6.45) is 5.37. The Bertz CT molecular complexity index is 1660. The Morgan fingerprint density at radius 3 is 2.74 bits per heavy atom. The molecule has 4 aliphatic rings. The second-order valence-electron chi connectivity index (χ2n) is 11.0. The van der Waals surface area contributed by atoms with E-state index in [1.54, 1.807) is 21.6 Å². The van der Waals surface area contributed by atoms with Crippen LogP contribution < -0.4 is 19.9 Å². The van der Waals surface area contributed by atoms with E-state index >= 15 is 0 Å². The molecule has 3 saturated heterocycles. The number of aromatic nitrogens is 2. The number of carbonyl (C=O) groups is 1. The van der Waals surface area contributed by atoms with Crippen LogP contribution in [0, 0.1) is 6.92 Å². The van der Waals surface area contributed by atoms with Crippen molar-refractivity contribution < 1.29 is 19.0 Å². The molecule has 3 aromatic rings. The molecule has 1 aromatic carbocycles. The average Bonchev–Trinajstić information content (AvgIpc) is 3.74. The van der Waals surface area contributed by atoms with Gasteiger partial charge in [0.15, 0.2) is 11.5 Å². The molecule has 1 amide bonds. The third-order valence-corrected chi connectivity index (χ3v) is 9.44. The number of nitrogens with zero attached hydrogens (tertiary/aromatic N) is 5. The summed E-state index contributed by atoms with van der Waals surface area (Å²) in [5.41, 5.74) is 2.89. The average molecular weight is 606 g/mol. The summed E-state index contributed by atoms with van der Waals surface area (Å²) in [5.74, 6) is 1.97. The fraction of sp³-hybridized carbons (Fsp3) is 0.400. The van der Waals surface area contributed by atoms with Gasteiger partial charge in [-0.15, -0.1) is 0 Å². The topological polar surface area (TPSA) is 88.8 Å². The van der Waals surface area contributed by atoms with Gasteiger partial charge in [-0.2, -0.15) is 0 Å². The first-order valence-electron chi connectivity index (χ1n) is 14.2. The van der Waals surface area contributed by atoms with Crippen molar-refractivity contribution in [2.24, 2.45) is 0 Å². The first-order chi connectivity index (χ1) is 20.4. The Labute approximate surface area is 252 Å². The summed E-state index contributed by atoms with van der Waals surface area (Å²) in [6, 6.07) is 9.87. The van der Waals surface area contributed by atoms with E-state index < -0.39 is 0 Å². The quantitative estimate of drug-likeness (QED) is 0.308. The minimum atomic E-state index is -0.203. The van der Waals surface area contributed by atoms with E-state index in [4.69, 9.17) is 31.4 Å². The van der Waals surface area contributed by atoms with Gasteiger partial charge in [0.25, 0.3) is 11.5 Å². The number of benzene rings is 1. The van der Waals surface area contributed by atoms with Crippen LogP contribution in [-0.2, 0) is 16.1 Å². The molecule has 0 N–H and O–H groups in total. The molecular formula is C30H31N5O5S2. The molecule has 0 saturated carbocycles. The monoisotopic (exact) mass is 605 g/mol. The van der Waals surface area contributed by atoms with Crippen molar-refractivity contribution in [1.82, 2.24) is 19.2 Å². The third kappa shape index (κ3) is 5.28. The van der Waals surface area contributed by atoms with Crippen LogP contribution in [0.4, 0.5) is 5.82 Å². The second kappa shape index (κ2) is 11.3. The Morgan fingerprint density at radius 2 is 1.93 bits per heavy atom. The van der Waals surface area contributed by atoms with Crippen LogP contribution >= 0.6 is 24.0 Å². The summed E-state index contributed by atoms with van der Waals surface area (Å²) < 4.78 is 18.8. The van der Waals surface area contributed by atoms with Crippen LogP contribution in [0.5, 0.6) is 11.5 Å². The molecule has 12 heteroatoms. The van der Waals surface area contributed by atoms with Crippen molar-refractivity contribution in [3.05, 3.63) is 68.5 Å². The van der Waals surface area contributed by atoms with Crippen molar-refractivity contribution in [3.8, 4) is 11.5 Å². The standard InChI is InChI=1S/C30H31N5O5S2/c1-19-4-7-26-31-27(33-10-8-32(9-11-33)16-20-5-6-23-24(13-20)40-18-39-23)22(28(36)34(26)15-19)14-25-29(37)35(30(41)42-25)17-21-3-2-12-38-21/h4-7,13-15,21H,2-3,8-12,16-18H2,1H3/b25-14-/t21-/m1/s1. The molecule has 3 fully saturated rings. The molecule has 2 aromatic heterocycles. The number of hydrogen-bond acceptors (Lipinski definition) is 10. The summed E-state index contributed by atoms with van der Waals surface area (Å²) in [6.45, 7) is 7.12. The summed E-state index contributed by atoms with van der Waals surface area (Å²) in [5, 5.41) is 0. The number of hydrogen-bond donors (Lipinski definition) is 0. The number of aryl methyl sites for hydroxylation is 1. The number of piperazine rings is 1. The molecular weight excluding hydrogens is 574 g/mol. The minimum absolute atomic E-state index is 0.00712. The lowest BCUT2D eigenvalue weighted by molar-refractivity contribution is -0.123. The van der Waals surface area contributed by atoms with E-state index in [1.807, 2.05) is 31.2 Å². The van der Waals surface area contributed by atoms with E-state index in [1.165, 1.54) is 11.8 Å². The Kier molecular flexibility index (Phi) is 7.39. The van der Waals surface area contributed by atoms with Gasteiger partial charge >= 0.3 is 0 Å². The number of fused-ring (bicyclic) bond motifs is 2. The molecule has 6 heterocycles. The molecule has 0 unspecified atom stereocenters. The number of anilines is 1. The van der Waals surface area contributed by atoms with Crippen LogP contribution in [0.3, 0.4) is 0 Å². The fourth-order valence-electron chi connectivity index (χ4n) is 5.81. The molecule has 0 spiro atoms. The van der Waals surface area contributed by atoms with Crippen LogP contribution in [0.15, 0.2) is 46.2 Å². The van der Waals surface area contributed by atoms with Crippen molar-refractivity contribution in [3.63, 3.8) is 0 Å². The highest BCUT2D eigenvalue weighted by atomic mass is 32.2. The molecule has 0 aliphatic carbocycles. The first-order valence-corrected chi connectivity index (χ1v) is 15.4.